The number of amides is 1. The van der Waals surface area contributed by atoms with E-state index >= 15 is 0 Å². The van der Waals surface area contributed by atoms with E-state index in [1.807, 2.05) is 24.5 Å². The van der Waals surface area contributed by atoms with Gasteiger partial charge >= 0.3 is 0 Å². The summed E-state index contributed by atoms with van der Waals surface area (Å²) >= 11 is 0. The first kappa shape index (κ1) is 15.4. The van der Waals surface area contributed by atoms with Crippen LogP contribution in [-0.2, 0) is 6.54 Å². The number of aromatic nitrogens is 4. The third kappa shape index (κ3) is 2.55. The van der Waals surface area contributed by atoms with E-state index in [0.29, 0.717) is 13.2 Å². The number of nitrogen functional groups attached to an aromatic ring is 1. The maximum Gasteiger partial charge on any atom is 0.267 e. The molecule has 0 radical (unpaired) electrons. The van der Waals surface area contributed by atoms with Crippen molar-refractivity contribution in [1.82, 2.24) is 19.5 Å². The fourth-order valence-electron chi connectivity index (χ4n) is 3.05. The highest BCUT2D eigenvalue weighted by atomic mass is 16.5. The zero-order chi connectivity index (χ0) is 17.4. The Labute approximate surface area is 144 Å². The van der Waals surface area contributed by atoms with Crippen molar-refractivity contribution < 1.29 is 9.53 Å². The average Bonchev–Trinajstić information content (AvgIpc) is 2.92. The first-order chi connectivity index (χ1) is 12.2. The molecule has 1 amide bonds. The Balaban J connectivity index is 1.75. The third-order valence-electron chi connectivity index (χ3n) is 4.24. The highest BCUT2D eigenvalue weighted by Gasteiger charge is 2.28. The van der Waals surface area contributed by atoms with E-state index in [1.165, 1.54) is 6.33 Å². The highest BCUT2D eigenvalue weighted by molar-refractivity contribution is 6.11. The van der Waals surface area contributed by atoms with Gasteiger partial charge in [-0.05, 0) is 24.6 Å². The number of nitrogens with two attached hydrogens (primary N) is 1. The molecule has 2 N–H and O–H groups in total. The number of carbonyl (C=O) groups excluding carboxylic acids is 1. The molecule has 0 atom stereocenters. The van der Waals surface area contributed by atoms with Crippen LogP contribution in [0.15, 0.2) is 30.9 Å². The van der Waals surface area contributed by atoms with Crippen LogP contribution < -0.4 is 15.4 Å². The summed E-state index contributed by atoms with van der Waals surface area (Å²) in [5.41, 5.74) is 8.73. The summed E-state index contributed by atoms with van der Waals surface area (Å²) in [6, 6.07) is 5.81. The van der Waals surface area contributed by atoms with E-state index < -0.39 is 0 Å². The summed E-state index contributed by atoms with van der Waals surface area (Å²) in [6.07, 6.45) is 4.15. The van der Waals surface area contributed by atoms with E-state index in [2.05, 4.69) is 26.4 Å². The quantitative estimate of drug-likeness (QED) is 0.782. The molecule has 1 aliphatic heterocycles. The number of imidazole rings is 1. The van der Waals surface area contributed by atoms with Crippen molar-refractivity contribution >= 4 is 28.4 Å². The Morgan fingerprint density at radius 2 is 2.16 bits per heavy atom. The van der Waals surface area contributed by atoms with E-state index in [-0.39, 0.29) is 23.2 Å². The minimum Gasteiger partial charge on any atom is -0.475 e. The van der Waals surface area contributed by atoms with Gasteiger partial charge in [-0.15, -0.1) is 0 Å². The molecule has 128 valence electrons. The van der Waals surface area contributed by atoms with Crippen LogP contribution in [0.25, 0.3) is 11.0 Å². The lowest BCUT2D eigenvalue weighted by Crippen LogP contribution is -2.32. The zero-order valence-electron chi connectivity index (χ0n) is 13.8. The molecule has 0 saturated carbocycles. The molecular weight excluding hydrogens is 320 g/mol. The van der Waals surface area contributed by atoms with Crippen LogP contribution >= 0.6 is 0 Å². The fourth-order valence-corrected chi connectivity index (χ4v) is 3.05. The van der Waals surface area contributed by atoms with Crippen molar-refractivity contribution in [2.45, 2.75) is 19.9 Å². The summed E-state index contributed by atoms with van der Waals surface area (Å²) in [7, 11) is 0. The molecule has 0 bridgehead atoms. The lowest BCUT2D eigenvalue weighted by molar-refractivity contribution is 0.0990. The van der Waals surface area contributed by atoms with Crippen LogP contribution in [0.4, 0.5) is 11.5 Å². The molecule has 4 rings (SSSR count). The Hall–Kier alpha value is -3.16. The number of rotatable bonds is 3. The van der Waals surface area contributed by atoms with Crippen LogP contribution in [0.3, 0.4) is 0 Å². The van der Waals surface area contributed by atoms with Gasteiger partial charge in [0.1, 0.15) is 24.3 Å². The van der Waals surface area contributed by atoms with Crippen LogP contribution in [0, 0.1) is 0 Å². The second kappa shape index (κ2) is 6.04. The number of nitrogens with zero attached hydrogens (tertiary/aromatic N) is 5. The van der Waals surface area contributed by atoms with Gasteiger partial charge in [-0.1, -0.05) is 6.92 Å². The van der Waals surface area contributed by atoms with Crippen molar-refractivity contribution in [3.05, 3.63) is 36.4 Å². The van der Waals surface area contributed by atoms with Crippen LogP contribution in [0.5, 0.6) is 5.88 Å². The molecule has 2 aromatic heterocycles. The van der Waals surface area contributed by atoms with Crippen molar-refractivity contribution in [1.29, 1.82) is 0 Å². The summed E-state index contributed by atoms with van der Waals surface area (Å²) in [5.74, 6) is 0.0847. The molecule has 0 saturated heterocycles. The Morgan fingerprint density at radius 1 is 1.28 bits per heavy atom. The van der Waals surface area contributed by atoms with Gasteiger partial charge in [0, 0.05) is 12.2 Å². The van der Waals surface area contributed by atoms with Crippen LogP contribution in [0.1, 0.15) is 23.7 Å². The van der Waals surface area contributed by atoms with Crippen LogP contribution in [-0.4, -0.2) is 38.6 Å². The highest BCUT2D eigenvalue weighted by Crippen LogP contribution is 2.29. The van der Waals surface area contributed by atoms with E-state index in [0.717, 1.165) is 29.7 Å². The minimum atomic E-state index is -0.266. The molecular formula is C17H18N6O2. The number of hydrogen-bond donors (Lipinski definition) is 1. The van der Waals surface area contributed by atoms with Crippen molar-refractivity contribution in [3.8, 4) is 5.88 Å². The molecule has 1 aromatic carbocycles. The van der Waals surface area contributed by atoms with E-state index in [4.69, 9.17) is 10.5 Å². The fraction of sp³-hybridized carbons (Fsp3) is 0.294. The number of hydrogen-bond acceptors (Lipinski definition) is 6. The van der Waals surface area contributed by atoms with E-state index in [1.54, 1.807) is 4.90 Å². The van der Waals surface area contributed by atoms with Gasteiger partial charge in [0.2, 0.25) is 5.88 Å². The summed E-state index contributed by atoms with van der Waals surface area (Å²) in [6.45, 7) is 3.76. The first-order valence-corrected chi connectivity index (χ1v) is 8.19. The molecule has 8 heteroatoms. The minimum absolute atomic E-state index is 0.121. The maximum absolute atomic E-state index is 13.0. The number of ether oxygens (including phenoxy) is 1. The largest absolute Gasteiger partial charge is 0.475 e. The van der Waals surface area contributed by atoms with Gasteiger partial charge in [-0.2, -0.15) is 0 Å². The van der Waals surface area contributed by atoms with Crippen molar-refractivity contribution in [2.24, 2.45) is 0 Å². The summed E-state index contributed by atoms with van der Waals surface area (Å²) < 4.78 is 7.67. The average molecular weight is 338 g/mol. The summed E-state index contributed by atoms with van der Waals surface area (Å²) in [5, 5.41) is 0. The van der Waals surface area contributed by atoms with Crippen molar-refractivity contribution in [3.63, 3.8) is 0 Å². The second-order valence-electron chi connectivity index (χ2n) is 5.86. The molecule has 3 aromatic rings. The molecule has 25 heavy (non-hydrogen) atoms. The SMILES string of the molecule is CCCn1cnc2cc(N3CCOc4ncnc(N)c4C3=O)ccc21. The lowest BCUT2D eigenvalue weighted by Gasteiger charge is -2.20. The van der Waals surface area contributed by atoms with Gasteiger partial charge in [-0.25, -0.2) is 15.0 Å². The van der Waals surface area contributed by atoms with Gasteiger partial charge in [-0.3, -0.25) is 4.79 Å². The normalized spacial score (nSPS) is 14.3. The Kier molecular flexibility index (Phi) is 3.72. The number of benzene rings is 1. The van der Waals surface area contributed by atoms with Crippen molar-refractivity contribution in [2.75, 3.05) is 23.8 Å². The van der Waals surface area contributed by atoms with Gasteiger partial charge in [0.15, 0.2) is 0 Å². The number of anilines is 2. The molecule has 1 aliphatic rings. The molecule has 3 heterocycles. The number of aryl methyl sites for hydroxylation is 1. The molecule has 8 nitrogen and oxygen atoms in total. The molecule has 0 aliphatic carbocycles. The summed E-state index contributed by atoms with van der Waals surface area (Å²) in [4.78, 5) is 27.0. The maximum atomic E-state index is 13.0. The lowest BCUT2D eigenvalue weighted by atomic mass is 10.2. The zero-order valence-corrected chi connectivity index (χ0v) is 13.8. The smallest absolute Gasteiger partial charge is 0.267 e. The third-order valence-corrected chi connectivity index (χ3v) is 4.24. The topological polar surface area (TPSA) is 99.2 Å². The van der Waals surface area contributed by atoms with Crippen LogP contribution in [0.2, 0.25) is 0 Å². The van der Waals surface area contributed by atoms with Gasteiger partial charge in [0.25, 0.3) is 5.91 Å². The van der Waals surface area contributed by atoms with E-state index in [9.17, 15) is 4.79 Å². The molecule has 0 fully saturated rings. The Morgan fingerprint density at radius 3 is 3.00 bits per heavy atom. The van der Waals surface area contributed by atoms with Gasteiger partial charge < -0.3 is 19.9 Å². The number of fused-ring (bicyclic) bond motifs is 2. The monoisotopic (exact) mass is 338 g/mol. The predicted octanol–water partition coefficient (Wildman–Crippen LogP) is 1.86. The van der Waals surface area contributed by atoms with Gasteiger partial charge in [0.05, 0.1) is 23.9 Å². The molecule has 0 spiro atoms. The standard InChI is InChI=1S/C17H18N6O2/c1-2-5-22-10-21-12-8-11(3-4-13(12)22)23-6-7-25-16-14(17(23)24)15(18)19-9-20-16/h3-4,8-10H,2,5-7H2,1H3,(H2,18,19,20). The predicted molar refractivity (Wildman–Crippen MR) is 93.6 cm³/mol. The molecule has 0 unspecified atom stereocenters. The number of carbonyl (C=O) groups is 1. The Bertz CT molecular complexity index is 951. The second-order valence-corrected chi connectivity index (χ2v) is 5.86. The first-order valence-electron chi connectivity index (χ1n) is 8.19.